The molecule has 4 aromatic rings. The minimum atomic E-state index is -0.950. The molecule has 2 amide bonds. The van der Waals surface area contributed by atoms with Crippen molar-refractivity contribution in [2.45, 2.75) is 57.6 Å². The minimum Gasteiger partial charge on any atom is -0.433 e. The molecule has 3 aromatic carbocycles. The molecule has 2 atom stereocenters. The monoisotopic (exact) mass is 593 g/mol. The van der Waals surface area contributed by atoms with Crippen molar-refractivity contribution in [3.63, 3.8) is 0 Å². The lowest BCUT2D eigenvalue weighted by atomic mass is 10.1. The summed E-state index contributed by atoms with van der Waals surface area (Å²) in [5.74, 6) is -1.23. The number of rotatable bonds is 13. The zero-order valence-corrected chi connectivity index (χ0v) is 24.3. The van der Waals surface area contributed by atoms with Crippen LogP contribution in [0.4, 0.5) is 5.69 Å². The van der Waals surface area contributed by atoms with E-state index in [0.29, 0.717) is 18.5 Å². The number of benzene rings is 3. The molecule has 0 aliphatic carbocycles. The number of amides is 2. The molecule has 0 saturated carbocycles. The Labute approximate surface area is 255 Å². The topological polar surface area (TPSA) is 116 Å². The predicted octanol–water partition coefficient (Wildman–Crippen LogP) is 4.38. The van der Waals surface area contributed by atoms with Crippen molar-refractivity contribution in [1.82, 2.24) is 9.88 Å². The van der Waals surface area contributed by atoms with Crippen LogP contribution in [0.3, 0.4) is 0 Å². The Balaban J connectivity index is 1.27. The fourth-order valence-corrected chi connectivity index (χ4v) is 5.11. The smallest absolute Gasteiger partial charge is 0.310 e. The molecular formula is C35H35N3O6. The van der Waals surface area contributed by atoms with Gasteiger partial charge in [-0.25, -0.2) is 0 Å². The molecule has 0 spiro atoms. The third-order valence-electron chi connectivity index (χ3n) is 7.35. The first-order valence-corrected chi connectivity index (χ1v) is 14.7. The van der Waals surface area contributed by atoms with E-state index in [-0.39, 0.29) is 37.6 Å². The van der Waals surface area contributed by atoms with Gasteiger partial charge in [0.2, 0.25) is 18.1 Å². The highest BCUT2D eigenvalue weighted by molar-refractivity contribution is 5.90. The van der Waals surface area contributed by atoms with Gasteiger partial charge in [-0.2, -0.15) is 0 Å². The third kappa shape index (κ3) is 8.52. The van der Waals surface area contributed by atoms with Gasteiger partial charge < -0.3 is 24.7 Å². The number of anilines is 1. The molecule has 2 heterocycles. The van der Waals surface area contributed by atoms with Gasteiger partial charge in [0.1, 0.15) is 18.3 Å². The van der Waals surface area contributed by atoms with Crippen molar-refractivity contribution in [2.75, 3.05) is 5.32 Å². The van der Waals surface area contributed by atoms with E-state index in [4.69, 9.17) is 9.47 Å². The summed E-state index contributed by atoms with van der Waals surface area (Å²) in [5.41, 5.74) is 3.22. The number of aromatic nitrogens is 1. The van der Waals surface area contributed by atoms with Crippen LogP contribution in [-0.2, 0) is 49.9 Å². The van der Waals surface area contributed by atoms with Crippen LogP contribution >= 0.6 is 0 Å². The van der Waals surface area contributed by atoms with Gasteiger partial charge >= 0.3 is 5.97 Å². The number of aryl methyl sites for hydroxylation is 1. The molecule has 2 unspecified atom stereocenters. The Morgan fingerprint density at radius 2 is 1.43 bits per heavy atom. The summed E-state index contributed by atoms with van der Waals surface area (Å²) in [5, 5.41) is 5.54. The minimum absolute atomic E-state index is 0.0456. The quantitative estimate of drug-likeness (QED) is 0.223. The predicted molar refractivity (Wildman–Crippen MR) is 166 cm³/mol. The summed E-state index contributed by atoms with van der Waals surface area (Å²) < 4.78 is 12.5. The van der Waals surface area contributed by atoms with E-state index in [9.17, 15) is 19.2 Å². The molecule has 0 radical (unpaired) electrons. The molecule has 1 saturated heterocycles. The van der Waals surface area contributed by atoms with Crippen molar-refractivity contribution < 1.29 is 23.9 Å². The Hall–Kier alpha value is -5.02. The maximum absolute atomic E-state index is 13.6. The van der Waals surface area contributed by atoms with Crippen LogP contribution < -0.4 is 16.2 Å². The molecule has 0 bridgehead atoms. The number of nitrogens with one attached hydrogen (secondary N) is 2. The average Bonchev–Trinajstić information content (AvgIpc) is 3.39. The second-order valence-corrected chi connectivity index (χ2v) is 10.7. The van der Waals surface area contributed by atoms with E-state index < -0.39 is 29.8 Å². The highest BCUT2D eigenvalue weighted by atomic mass is 16.7. The van der Waals surface area contributed by atoms with E-state index >= 15 is 0 Å². The first-order chi connectivity index (χ1) is 21.4. The van der Waals surface area contributed by atoms with Gasteiger partial charge in [-0.05, 0) is 41.7 Å². The summed E-state index contributed by atoms with van der Waals surface area (Å²) in [7, 11) is 0. The number of cyclic esters (lactones) is 1. The molecule has 2 N–H and O–H groups in total. The number of esters is 1. The highest BCUT2D eigenvalue weighted by Crippen LogP contribution is 2.19. The number of hydrogen-bond donors (Lipinski definition) is 2. The van der Waals surface area contributed by atoms with Crippen LogP contribution in [0.2, 0.25) is 0 Å². The van der Waals surface area contributed by atoms with Crippen LogP contribution in [0.15, 0.2) is 108 Å². The standard InChI is InChI=1S/C35H35N3O6/c39-31(18-10-17-25-11-4-1-5-12-25)36-29-20-19-28(21-26-13-6-2-7-14-26)38(34(29)42)23-32(40)37-30-22-33(41)44-35(30)43-24-27-15-8-3-9-16-27/h1-9,11-16,19-20,30,35H,10,17-18,21-24H2,(H,36,39)(H,37,40). The molecule has 1 fully saturated rings. The van der Waals surface area contributed by atoms with Gasteiger partial charge in [-0.15, -0.1) is 0 Å². The number of hydrogen-bond acceptors (Lipinski definition) is 6. The zero-order valence-electron chi connectivity index (χ0n) is 24.3. The Morgan fingerprint density at radius 3 is 2.11 bits per heavy atom. The second kappa shape index (κ2) is 14.9. The first-order valence-electron chi connectivity index (χ1n) is 14.7. The Bertz CT molecular complexity index is 1620. The molecule has 9 heteroatoms. The number of carbonyl (C=O) groups excluding carboxylic acids is 3. The van der Waals surface area contributed by atoms with Gasteiger partial charge in [0, 0.05) is 18.5 Å². The highest BCUT2D eigenvalue weighted by Gasteiger charge is 2.37. The van der Waals surface area contributed by atoms with E-state index in [1.807, 2.05) is 91.0 Å². The van der Waals surface area contributed by atoms with Crippen molar-refractivity contribution in [3.05, 3.63) is 136 Å². The number of ether oxygens (including phenoxy) is 2. The zero-order chi connectivity index (χ0) is 30.7. The Morgan fingerprint density at radius 1 is 0.795 bits per heavy atom. The van der Waals surface area contributed by atoms with Crippen LogP contribution in [0.1, 0.15) is 41.6 Å². The lowest BCUT2D eigenvalue weighted by molar-refractivity contribution is -0.168. The summed E-state index contributed by atoms with van der Waals surface area (Å²) in [6.45, 7) is -0.103. The van der Waals surface area contributed by atoms with E-state index in [1.165, 1.54) is 4.57 Å². The Kier molecular flexibility index (Phi) is 10.3. The van der Waals surface area contributed by atoms with Crippen LogP contribution in [0.25, 0.3) is 0 Å². The third-order valence-corrected chi connectivity index (χ3v) is 7.35. The molecule has 44 heavy (non-hydrogen) atoms. The molecule has 1 aliphatic rings. The molecule has 1 aromatic heterocycles. The lowest BCUT2D eigenvalue weighted by Crippen LogP contribution is -2.44. The van der Waals surface area contributed by atoms with Crippen LogP contribution in [0.5, 0.6) is 0 Å². The van der Waals surface area contributed by atoms with E-state index in [0.717, 1.165) is 23.1 Å². The van der Waals surface area contributed by atoms with Crippen LogP contribution in [0, 0.1) is 0 Å². The largest absolute Gasteiger partial charge is 0.433 e. The van der Waals surface area contributed by atoms with E-state index in [1.54, 1.807) is 12.1 Å². The van der Waals surface area contributed by atoms with Crippen molar-refractivity contribution in [3.8, 4) is 0 Å². The normalized spacial score (nSPS) is 15.9. The fraction of sp³-hybridized carbons (Fsp3) is 0.257. The SMILES string of the molecule is O=C(CCCc1ccccc1)Nc1ccc(Cc2ccccc2)n(CC(=O)NC2CC(=O)OC2OCc2ccccc2)c1=O. The summed E-state index contributed by atoms with van der Waals surface area (Å²) in [6.07, 6.45) is 1.04. The average molecular weight is 594 g/mol. The van der Waals surface area contributed by atoms with Gasteiger partial charge in [-0.3, -0.25) is 19.2 Å². The number of nitrogens with zero attached hydrogens (tertiary/aromatic N) is 1. The van der Waals surface area contributed by atoms with Crippen molar-refractivity contribution in [1.29, 1.82) is 0 Å². The summed E-state index contributed by atoms with van der Waals surface area (Å²) in [6, 6.07) is 31.5. The maximum atomic E-state index is 13.6. The molecule has 9 nitrogen and oxygen atoms in total. The molecular weight excluding hydrogens is 558 g/mol. The fourth-order valence-electron chi connectivity index (χ4n) is 5.11. The van der Waals surface area contributed by atoms with Gasteiger partial charge in [0.25, 0.3) is 5.56 Å². The number of pyridine rings is 1. The molecule has 1 aliphatic heterocycles. The molecule has 5 rings (SSSR count). The van der Waals surface area contributed by atoms with Crippen molar-refractivity contribution >= 4 is 23.5 Å². The first kappa shape index (κ1) is 30.4. The van der Waals surface area contributed by atoms with Gasteiger partial charge in [0.15, 0.2) is 0 Å². The van der Waals surface area contributed by atoms with Gasteiger partial charge in [-0.1, -0.05) is 91.0 Å². The number of carbonyl (C=O) groups is 3. The second-order valence-electron chi connectivity index (χ2n) is 10.7. The van der Waals surface area contributed by atoms with Gasteiger partial charge in [0.05, 0.1) is 13.0 Å². The van der Waals surface area contributed by atoms with Crippen LogP contribution in [-0.4, -0.2) is 34.7 Å². The van der Waals surface area contributed by atoms with E-state index in [2.05, 4.69) is 10.6 Å². The van der Waals surface area contributed by atoms with Crippen molar-refractivity contribution in [2.24, 2.45) is 0 Å². The lowest BCUT2D eigenvalue weighted by Gasteiger charge is -2.20. The maximum Gasteiger partial charge on any atom is 0.310 e. The molecule has 226 valence electrons. The summed E-state index contributed by atoms with van der Waals surface area (Å²) >= 11 is 0. The summed E-state index contributed by atoms with van der Waals surface area (Å²) in [4.78, 5) is 51.7.